The number of alkyl halides is 3. The monoisotopic (exact) mass is 480 g/mol. The van der Waals surface area contributed by atoms with Gasteiger partial charge in [0.15, 0.2) is 0 Å². The Bertz CT molecular complexity index is 1040. The first-order valence-electron chi connectivity index (χ1n) is 10.9. The molecule has 1 unspecified atom stereocenters. The van der Waals surface area contributed by atoms with Crippen LogP contribution in [0.1, 0.15) is 18.4 Å². The van der Waals surface area contributed by atoms with E-state index in [2.05, 4.69) is 26.3 Å². The number of urea groups is 1. The third-order valence-electron chi connectivity index (χ3n) is 5.90. The number of amides is 3. The summed E-state index contributed by atoms with van der Waals surface area (Å²) in [7, 11) is 0. The average Bonchev–Trinajstić information content (AvgIpc) is 3.25. The van der Waals surface area contributed by atoms with Crippen molar-refractivity contribution < 1.29 is 27.2 Å². The lowest BCUT2D eigenvalue weighted by Gasteiger charge is -2.33. The number of benzene rings is 1. The molecular formula is C22H24F4N6O2. The van der Waals surface area contributed by atoms with E-state index in [4.69, 9.17) is 0 Å². The number of hydrogen-bond donors (Lipinski definition) is 4. The van der Waals surface area contributed by atoms with Crippen molar-refractivity contribution in [2.75, 3.05) is 29.9 Å². The zero-order valence-corrected chi connectivity index (χ0v) is 18.1. The average molecular weight is 480 g/mol. The van der Waals surface area contributed by atoms with Gasteiger partial charge in [0.1, 0.15) is 11.9 Å². The van der Waals surface area contributed by atoms with Gasteiger partial charge in [0.2, 0.25) is 11.9 Å². The Kier molecular flexibility index (Phi) is 6.75. The molecule has 3 heterocycles. The van der Waals surface area contributed by atoms with Crippen molar-refractivity contribution in [2.45, 2.75) is 31.6 Å². The third kappa shape index (κ3) is 5.67. The van der Waals surface area contributed by atoms with Crippen molar-refractivity contribution in [3.63, 3.8) is 0 Å². The van der Waals surface area contributed by atoms with E-state index in [1.165, 1.54) is 6.07 Å². The second-order valence-electron chi connectivity index (χ2n) is 8.26. The van der Waals surface area contributed by atoms with E-state index in [0.29, 0.717) is 11.5 Å². The number of hydrogen-bond acceptors (Lipinski definition) is 5. The fourth-order valence-electron chi connectivity index (χ4n) is 3.92. The number of aromatic nitrogens is 1. The molecule has 12 heteroatoms. The Morgan fingerprint density at radius 1 is 1.12 bits per heavy atom. The maximum absolute atomic E-state index is 14.6. The second-order valence-corrected chi connectivity index (χ2v) is 8.26. The van der Waals surface area contributed by atoms with Crippen LogP contribution in [0.2, 0.25) is 0 Å². The molecule has 2 aliphatic rings. The molecule has 1 atom stereocenters. The smallest absolute Gasteiger partial charge is 0.356 e. The molecule has 3 amide bonds. The molecule has 2 saturated heterocycles. The van der Waals surface area contributed by atoms with Crippen LogP contribution in [0, 0.1) is 11.9 Å². The standard InChI is InChI=1S/C22H24F4N6O2/c23-19-16(5-6-18(31-19)32-9-7-14(8-10-32)22(24,25)26)29-15-3-1-13(2-4-15)11-27-20(33)17-12-28-21(34)30-17/h1-6,14,17,29H,7-12H2,(H,27,33)(H2,28,30,34). The highest BCUT2D eigenvalue weighted by Crippen LogP contribution is 2.35. The maximum atomic E-state index is 14.6. The number of nitrogens with one attached hydrogen (secondary N) is 4. The van der Waals surface area contributed by atoms with Crippen LogP contribution in [0.25, 0.3) is 0 Å². The van der Waals surface area contributed by atoms with Gasteiger partial charge in [0.05, 0.1) is 11.6 Å². The lowest BCUT2D eigenvalue weighted by Crippen LogP contribution is -2.42. The van der Waals surface area contributed by atoms with Crippen LogP contribution in [-0.4, -0.2) is 48.8 Å². The van der Waals surface area contributed by atoms with E-state index in [1.54, 1.807) is 35.2 Å². The lowest BCUT2D eigenvalue weighted by atomic mass is 9.96. The minimum Gasteiger partial charge on any atom is -0.356 e. The number of carbonyl (C=O) groups excluding carboxylic acids is 2. The quantitative estimate of drug-likeness (QED) is 0.377. The van der Waals surface area contributed by atoms with Crippen LogP contribution < -0.4 is 26.2 Å². The second kappa shape index (κ2) is 9.74. The van der Waals surface area contributed by atoms with Gasteiger partial charge in [-0.15, -0.1) is 0 Å². The van der Waals surface area contributed by atoms with Crippen LogP contribution >= 0.6 is 0 Å². The predicted octanol–water partition coefficient (Wildman–Crippen LogP) is 3.04. The molecular weight excluding hydrogens is 456 g/mol. The molecule has 4 N–H and O–H groups in total. The Morgan fingerprint density at radius 2 is 1.82 bits per heavy atom. The van der Waals surface area contributed by atoms with E-state index in [9.17, 15) is 27.2 Å². The first-order chi connectivity index (χ1) is 16.2. The van der Waals surface area contributed by atoms with E-state index in [1.807, 2.05) is 0 Å². The summed E-state index contributed by atoms with van der Waals surface area (Å²) in [5.74, 6) is -2.06. The molecule has 0 aliphatic carbocycles. The number of halogens is 4. The molecule has 0 bridgehead atoms. The number of carbonyl (C=O) groups is 2. The van der Waals surface area contributed by atoms with Crippen molar-refractivity contribution in [1.82, 2.24) is 20.9 Å². The summed E-state index contributed by atoms with van der Waals surface area (Å²) in [5.41, 5.74) is 1.55. The number of piperidine rings is 1. The Morgan fingerprint density at radius 3 is 2.41 bits per heavy atom. The summed E-state index contributed by atoms with van der Waals surface area (Å²) in [6.45, 7) is 0.842. The van der Waals surface area contributed by atoms with Gasteiger partial charge in [0.25, 0.3) is 0 Å². The van der Waals surface area contributed by atoms with Crippen molar-refractivity contribution in [1.29, 1.82) is 0 Å². The third-order valence-corrected chi connectivity index (χ3v) is 5.90. The summed E-state index contributed by atoms with van der Waals surface area (Å²) in [6, 6.07) is 9.06. The molecule has 2 aliphatic heterocycles. The molecule has 4 rings (SSSR count). The molecule has 0 saturated carbocycles. The summed E-state index contributed by atoms with van der Waals surface area (Å²) in [6.07, 6.45) is -4.28. The predicted molar refractivity (Wildman–Crippen MR) is 117 cm³/mol. The first kappa shape index (κ1) is 23.6. The van der Waals surface area contributed by atoms with Gasteiger partial charge in [-0.1, -0.05) is 12.1 Å². The molecule has 2 aromatic rings. The highest BCUT2D eigenvalue weighted by Gasteiger charge is 2.41. The van der Waals surface area contributed by atoms with E-state index in [0.717, 1.165) is 5.56 Å². The van der Waals surface area contributed by atoms with E-state index < -0.39 is 24.1 Å². The van der Waals surface area contributed by atoms with Crippen LogP contribution in [0.3, 0.4) is 0 Å². The molecule has 1 aromatic carbocycles. The van der Waals surface area contributed by atoms with Gasteiger partial charge in [-0.2, -0.15) is 17.6 Å². The number of nitrogens with zero attached hydrogens (tertiary/aromatic N) is 2. The van der Waals surface area contributed by atoms with Gasteiger partial charge in [0, 0.05) is 31.9 Å². The van der Waals surface area contributed by atoms with Gasteiger partial charge in [-0.05, 0) is 42.7 Å². The summed E-state index contributed by atoms with van der Waals surface area (Å²) in [5, 5.41) is 10.7. The maximum Gasteiger partial charge on any atom is 0.391 e. The van der Waals surface area contributed by atoms with Crippen LogP contribution in [0.15, 0.2) is 36.4 Å². The van der Waals surface area contributed by atoms with Crippen LogP contribution in [-0.2, 0) is 11.3 Å². The van der Waals surface area contributed by atoms with Gasteiger partial charge in [-0.3, -0.25) is 4.79 Å². The number of rotatable bonds is 6. The molecule has 182 valence electrons. The van der Waals surface area contributed by atoms with Crippen molar-refractivity contribution in [3.05, 3.63) is 47.9 Å². The first-order valence-corrected chi connectivity index (χ1v) is 10.9. The lowest BCUT2D eigenvalue weighted by molar-refractivity contribution is -0.179. The summed E-state index contributed by atoms with van der Waals surface area (Å²) < 4.78 is 53.1. The SMILES string of the molecule is O=C1NCC(C(=O)NCc2ccc(Nc3ccc(N4CCC(C(F)(F)F)CC4)nc3F)cc2)N1. The molecule has 0 spiro atoms. The minimum absolute atomic E-state index is 0.0359. The van der Waals surface area contributed by atoms with Crippen molar-refractivity contribution >= 4 is 29.1 Å². The van der Waals surface area contributed by atoms with Crippen LogP contribution in [0.5, 0.6) is 0 Å². The fourth-order valence-corrected chi connectivity index (χ4v) is 3.92. The molecule has 34 heavy (non-hydrogen) atoms. The van der Waals surface area contributed by atoms with Crippen molar-refractivity contribution in [2.24, 2.45) is 5.92 Å². The van der Waals surface area contributed by atoms with Gasteiger partial charge < -0.3 is 26.2 Å². The molecule has 1 aromatic heterocycles. The normalized spacial score (nSPS) is 18.9. The molecule has 8 nitrogen and oxygen atoms in total. The fraction of sp³-hybridized carbons (Fsp3) is 0.409. The minimum atomic E-state index is -4.20. The highest BCUT2D eigenvalue weighted by molar-refractivity contribution is 5.90. The van der Waals surface area contributed by atoms with Gasteiger partial charge in [-0.25, -0.2) is 9.78 Å². The zero-order chi connectivity index (χ0) is 24.3. The van der Waals surface area contributed by atoms with Gasteiger partial charge >= 0.3 is 12.2 Å². The summed E-state index contributed by atoms with van der Waals surface area (Å²) >= 11 is 0. The zero-order valence-electron chi connectivity index (χ0n) is 18.1. The molecule has 0 radical (unpaired) electrons. The van der Waals surface area contributed by atoms with Crippen LogP contribution in [0.4, 0.5) is 39.5 Å². The number of pyridine rings is 1. The highest BCUT2D eigenvalue weighted by atomic mass is 19.4. The van der Waals surface area contributed by atoms with E-state index >= 15 is 0 Å². The van der Waals surface area contributed by atoms with Crippen molar-refractivity contribution in [3.8, 4) is 0 Å². The Labute approximate surface area is 193 Å². The largest absolute Gasteiger partial charge is 0.391 e. The molecule has 2 fully saturated rings. The summed E-state index contributed by atoms with van der Waals surface area (Å²) in [4.78, 5) is 28.7. The Hall–Kier alpha value is -3.57. The van der Waals surface area contributed by atoms with E-state index in [-0.39, 0.29) is 56.6 Å². The topological polar surface area (TPSA) is 98.4 Å². The number of anilines is 3. The Balaban J connectivity index is 1.30.